The van der Waals surface area contributed by atoms with Crippen LogP contribution in [0.25, 0.3) is 28.1 Å². The first-order chi connectivity index (χ1) is 19.0. The van der Waals surface area contributed by atoms with E-state index in [1.54, 1.807) is 73.1 Å². The highest BCUT2D eigenvalue weighted by Gasteiger charge is 2.36. The molecule has 204 valence electrons. The lowest BCUT2D eigenvalue weighted by molar-refractivity contribution is -0.138. The summed E-state index contributed by atoms with van der Waals surface area (Å²) in [6.07, 6.45) is -0.226. The van der Waals surface area contributed by atoms with Gasteiger partial charge < -0.3 is 16.5 Å². The molecule has 6 nitrogen and oxygen atoms in total. The van der Waals surface area contributed by atoms with Gasteiger partial charge in [0, 0.05) is 56.7 Å². The number of nitrogens with two attached hydrogens (primary N) is 1. The third-order valence-corrected chi connectivity index (χ3v) is 6.87. The summed E-state index contributed by atoms with van der Waals surface area (Å²) in [4.78, 5) is 18.4. The maximum atomic E-state index is 14.9. The molecule has 4 N–H and O–H groups in total. The maximum absolute atomic E-state index is 14.9. The number of benzene rings is 3. The molecule has 4 rings (SSSR count). The van der Waals surface area contributed by atoms with Gasteiger partial charge in [0.2, 0.25) is 0 Å². The molecular formula is C29H22F4N4O2S. The molecule has 0 aliphatic heterocycles. The summed E-state index contributed by atoms with van der Waals surface area (Å²) >= 11 is 0. The van der Waals surface area contributed by atoms with Gasteiger partial charge in [-0.05, 0) is 42.0 Å². The lowest BCUT2D eigenvalue weighted by Gasteiger charge is -2.17. The Morgan fingerprint density at radius 1 is 0.975 bits per heavy atom. The molecule has 0 radical (unpaired) electrons. The number of aromatic nitrogens is 1. The predicted molar refractivity (Wildman–Crippen MR) is 148 cm³/mol. The highest BCUT2D eigenvalue weighted by atomic mass is 32.2. The molecule has 0 aliphatic carbocycles. The zero-order valence-electron chi connectivity index (χ0n) is 20.9. The van der Waals surface area contributed by atoms with Crippen molar-refractivity contribution in [1.82, 2.24) is 4.98 Å². The van der Waals surface area contributed by atoms with Crippen LogP contribution in [0, 0.1) is 11.2 Å². The number of alkyl halides is 3. The smallest absolute Gasteiger partial charge is 0.398 e. The fourth-order valence-electron chi connectivity index (χ4n) is 3.97. The van der Waals surface area contributed by atoms with Crippen LogP contribution in [0.4, 0.5) is 23.2 Å². The molecular weight excluding hydrogens is 544 g/mol. The number of allylic oxidation sites excluding steroid dienone is 1. The highest BCUT2D eigenvalue weighted by molar-refractivity contribution is 7.84. The Bertz CT molecular complexity index is 1640. The van der Waals surface area contributed by atoms with Gasteiger partial charge in [0.25, 0.3) is 5.91 Å². The predicted octanol–water partition coefficient (Wildman–Crippen LogP) is 6.51. The van der Waals surface area contributed by atoms with E-state index >= 15 is 0 Å². The third kappa shape index (κ3) is 6.15. The first-order valence-corrected chi connectivity index (χ1v) is 13.2. The minimum absolute atomic E-state index is 0.181. The van der Waals surface area contributed by atoms with Crippen molar-refractivity contribution >= 4 is 34.3 Å². The molecule has 1 aromatic heterocycles. The summed E-state index contributed by atoms with van der Waals surface area (Å²) in [6, 6.07) is 18.2. The van der Waals surface area contributed by atoms with E-state index in [2.05, 4.69) is 10.3 Å². The molecule has 3 aromatic carbocycles. The molecule has 0 spiro atoms. The number of hydrogen-bond donors (Lipinski definition) is 3. The van der Waals surface area contributed by atoms with Crippen LogP contribution >= 0.6 is 0 Å². The van der Waals surface area contributed by atoms with Crippen molar-refractivity contribution in [2.75, 3.05) is 11.6 Å². The molecule has 11 heteroatoms. The van der Waals surface area contributed by atoms with Gasteiger partial charge in [-0.3, -0.25) is 14.0 Å². The number of anilines is 1. The van der Waals surface area contributed by atoms with Gasteiger partial charge in [0.1, 0.15) is 5.82 Å². The number of carbonyl (C=O) groups is 1. The molecule has 0 saturated carbocycles. The number of nitrogens with one attached hydrogen (secondary N) is 2. The van der Waals surface area contributed by atoms with Gasteiger partial charge >= 0.3 is 6.18 Å². The van der Waals surface area contributed by atoms with Gasteiger partial charge in [-0.2, -0.15) is 13.2 Å². The van der Waals surface area contributed by atoms with Crippen molar-refractivity contribution in [3.63, 3.8) is 0 Å². The molecule has 0 bridgehead atoms. The average Bonchev–Trinajstić information content (AvgIpc) is 2.93. The number of nitrogens with zero attached hydrogens (tertiary/aromatic N) is 1. The lowest BCUT2D eigenvalue weighted by atomic mass is 9.99. The number of amides is 1. The monoisotopic (exact) mass is 566 g/mol. The van der Waals surface area contributed by atoms with Crippen LogP contribution in [0.15, 0.2) is 90.0 Å². The van der Waals surface area contributed by atoms with Gasteiger partial charge in [0.15, 0.2) is 0 Å². The number of pyridine rings is 1. The molecule has 1 amide bonds. The lowest BCUT2D eigenvalue weighted by Crippen LogP contribution is -2.19. The van der Waals surface area contributed by atoms with E-state index in [1.165, 1.54) is 0 Å². The Morgan fingerprint density at radius 2 is 1.65 bits per heavy atom. The summed E-state index contributed by atoms with van der Waals surface area (Å²) in [5.74, 6) is -2.42. The molecule has 0 saturated heterocycles. The molecule has 40 heavy (non-hydrogen) atoms. The van der Waals surface area contributed by atoms with E-state index in [9.17, 15) is 26.6 Å². The Morgan fingerprint density at radius 3 is 2.25 bits per heavy atom. The summed E-state index contributed by atoms with van der Waals surface area (Å²) in [7, 11) is -1.18. The van der Waals surface area contributed by atoms with Crippen LogP contribution in [0.3, 0.4) is 0 Å². The third-order valence-electron chi connectivity index (χ3n) is 5.93. The van der Waals surface area contributed by atoms with Gasteiger partial charge in [-0.25, -0.2) is 4.39 Å². The fraction of sp³-hybridized carbons (Fsp3) is 0.0690. The SMILES string of the molecule is CS(=O)c1ccc(-c2cnc(-c3ccccc3)c(NC(=O)c3cc(C(N)=CC=N)c(C(F)(F)F)cc3F)c2)cc1. The topological polar surface area (TPSA) is 109 Å². The summed E-state index contributed by atoms with van der Waals surface area (Å²) < 4.78 is 67.4. The van der Waals surface area contributed by atoms with Crippen molar-refractivity contribution in [3.8, 4) is 22.4 Å². The quantitative estimate of drug-likeness (QED) is 0.175. The van der Waals surface area contributed by atoms with Crippen LogP contribution in [-0.4, -0.2) is 27.6 Å². The van der Waals surface area contributed by atoms with Crippen LogP contribution in [0.2, 0.25) is 0 Å². The molecule has 4 aromatic rings. The zero-order valence-corrected chi connectivity index (χ0v) is 21.7. The van der Waals surface area contributed by atoms with E-state index in [-0.39, 0.29) is 11.8 Å². The van der Waals surface area contributed by atoms with Crippen molar-refractivity contribution in [2.45, 2.75) is 11.1 Å². The molecule has 0 aliphatic rings. The Kier molecular flexibility index (Phi) is 8.24. The van der Waals surface area contributed by atoms with Crippen LogP contribution in [-0.2, 0) is 17.0 Å². The Labute approximate surface area is 229 Å². The normalized spacial score (nSPS) is 12.6. The van der Waals surface area contributed by atoms with Crippen molar-refractivity contribution in [2.24, 2.45) is 5.73 Å². The zero-order chi connectivity index (χ0) is 29.0. The minimum atomic E-state index is -4.95. The van der Waals surface area contributed by atoms with Crippen molar-refractivity contribution in [3.05, 3.63) is 108 Å². The summed E-state index contributed by atoms with van der Waals surface area (Å²) in [6.45, 7) is 0. The second kappa shape index (κ2) is 11.6. The Balaban J connectivity index is 1.81. The van der Waals surface area contributed by atoms with Crippen LogP contribution in [0.5, 0.6) is 0 Å². The molecule has 1 heterocycles. The molecule has 1 unspecified atom stereocenters. The van der Waals surface area contributed by atoms with Crippen molar-refractivity contribution in [1.29, 1.82) is 5.41 Å². The summed E-state index contributed by atoms with van der Waals surface area (Å²) in [5, 5.41) is 9.71. The number of hydrogen-bond acceptors (Lipinski definition) is 5. The second-order valence-electron chi connectivity index (χ2n) is 8.58. The van der Waals surface area contributed by atoms with Crippen LogP contribution in [0.1, 0.15) is 21.5 Å². The largest absolute Gasteiger partial charge is 0.417 e. The van der Waals surface area contributed by atoms with E-state index in [1.807, 2.05) is 0 Å². The standard InChI is InChI=1S/C29H22F4N4O2S/c1-40(39)20-9-7-17(8-10-20)19-13-26(27(36-16-19)18-5-3-2-4-6-18)37-28(38)22-14-21(25(35)11-12-34)23(15-24(22)30)29(31,32)33/h2-16,34H,35H2,1H3,(H,37,38). The fourth-order valence-corrected chi connectivity index (χ4v) is 4.49. The highest BCUT2D eigenvalue weighted by Crippen LogP contribution is 2.36. The maximum Gasteiger partial charge on any atom is 0.417 e. The molecule has 0 fully saturated rings. The van der Waals surface area contributed by atoms with E-state index in [0.717, 1.165) is 6.08 Å². The minimum Gasteiger partial charge on any atom is -0.398 e. The number of halogens is 4. The van der Waals surface area contributed by atoms with E-state index < -0.39 is 51.1 Å². The Hall–Kier alpha value is -4.64. The van der Waals surface area contributed by atoms with Gasteiger partial charge in [0.05, 0.1) is 22.5 Å². The van der Waals surface area contributed by atoms with Gasteiger partial charge in [-0.15, -0.1) is 0 Å². The first kappa shape index (κ1) is 28.4. The number of rotatable bonds is 7. The van der Waals surface area contributed by atoms with Crippen LogP contribution < -0.4 is 11.1 Å². The van der Waals surface area contributed by atoms with Gasteiger partial charge in [-0.1, -0.05) is 42.5 Å². The number of carbonyl (C=O) groups excluding carboxylic acids is 1. The average molecular weight is 567 g/mol. The molecule has 1 atom stereocenters. The van der Waals surface area contributed by atoms with E-state index in [0.29, 0.717) is 39.6 Å². The summed E-state index contributed by atoms with van der Waals surface area (Å²) in [5.41, 5.74) is 5.01. The first-order valence-electron chi connectivity index (χ1n) is 11.7. The van der Waals surface area contributed by atoms with Crippen molar-refractivity contribution < 1.29 is 26.6 Å². The van der Waals surface area contributed by atoms with E-state index in [4.69, 9.17) is 11.1 Å². The second-order valence-corrected chi connectivity index (χ2v) is 9.96.